The fraction of sp³-hybridized carbons (Fsp3) is 0.118. The highest BCUT2D eigenvalue weighted by atomic mass is 32.2. The lowest BCUT2D eigenvalue weighted by atomic mass is 10.2. The van der Waals surface area contributed by atoms with Gasteiger partial charge >= 0.3 is 0 Å². The average Bonchev–Trinajstić information content (AvgIpc) is 2.55. The summed E-state index contributed by atoms with van der Waals surface area (Å²) in [5, 5.41) is 6.06. The molecule has 0 bridgehead atoms. The number of amides is 2. The molecule has 2 N–H and O–H groups in total. The maximum Gasteiger partial charge on any atom is 0.241 e. The van der Waals surface area contributed by atoms with Gasteiger partial charge in [0.25, 0.3) is 0 Å². The summed E-state index contributed by atoms with van der Waals surface area (Å²) in [6, 6.07) is 13.3. The molecule has 122 valence electrons. The summed E-state index contributed by atoms with van der Waals surface area (Å²) in [6.45, 7) is 0. The number of hydrogen-bond acceptors (Lipinski definition) is 4. The Morgan fingerprint density at radius 2 is 2.12 bits per heavy atom. The van der Waals surface area contributed by atoms with Crippen LogP contribution in [0.4, 0.5) is 10.1 Å². The van der Waals surface area contributed by atoms with Crippen molar-refractivity contribution in [3.8, 4) is 0 Å². The SMILES string of the molecule is O=C(CC1Sc2ccccc2NC1=O)N/N=C/c1cccc(F)c1. The number of rotatable bonds is 4. The Labute approximate surface area is 142 Å². The second-order valence-corrected chi connectivity index (χ2v) is 6.39. The van der Waals surface area contributed by atoms with Crippen molar-refractivity contribution in [1.82, 2.24) is 5.43 Å². The molecule has 0 saturated carbocycles. The fourth-order valence-corrected chi connectivity index (χ4v) is 3.32. The lowest BCUT2D eigenvalue weighted by Gasteiger charge is -2.23. The lowest BCUT2D eigenvalue weighted by molar-refractivity contribution is -0.124. The van der Waals surface area contributed by atoms with Crippen LogP contribution in [0.5, 0.6) is 0 Å². The van der Waals surface area contributed by atoms with Gasteiger partial charge in [0, 0.05) is 11.3 Å². The Bertz CT molecular complexity index is 810. The molecule has 1 aliphatic rings. The number of carbonyl (C=O) groups is 2. The first kappa shape index (κ1) is 16.2. The van der Waals surface area contributed by atoms with Gasteiger partial charge in [-0.1, -0.05) is 24.3 Å². The molecule has 2 aromatic rings. The molecule has 1 aliphatic heterocycles. The van der Waals surface area contributed by atoms with E-state index >= 15 is 0 Å². The van der Waals surface area contributed by atoms with Crippen LogP contribution in [-0.4, -0.2) is 23.3 Å². The molecule has 3 rings (SSSR count). The topological polar surface area (TPSA) is 70.6 Å². The van der Waals surface area contributed by atoms with Gasteiger partial charge in [-0.05, 0) is 29.8 Å². The van der Waals surface area contributed by atoms with Gasteiger partial charge in [-0.25, -0.2) is 9.82 Å². The van der Waals surface area contributed by atoms with Gasteiger partial charge in [-0.2, -0.15) is 5.10 Å². The number of halogens is 1. The van der Waals surface area contributed by atoms with Crippen molar-refractivity contribution in [3.05, 3.63) is 59.9 Å². The molecule has 1 atom stereocenters. The highest BCUT2D eigenvalue weighted by Crippen LogP contribution is 2.36. The Balaban J connectivity index is 1.56. The van der Waals surface area contributed by atoms with Crippen molar-refractivity contribution in [2.75, 3.05) is 5.32 Å². The smallest absolute Gasteiger partial charge is 0.241 e. The summed E-state index contributed by atoms with van der Waals surface area (Å²) in [7, 11) is 0. The van der Waals surface area contributed by atoms with E-state index in [1.165, 1.54) is 30.1 Å². The van der Waals surface area contributed by atoms with Gasteiger partial charge in [-0.15, -0.1) is 11.8 Å². The van der Waals surface area contributed by atoms with Crippen molar-refractivity contribution < 1.29 is 14.0 Å². The number of thioether (sulfide) groups is 1. The number of hydrogen-bond donors (Lipinski definition) is 2. The van der Waals surface area contributed by atoms with E-state index in [1.54, 1.807) is 12.1 Å². The van der Waals surface area contributed by atoms with Crippen LogP contribution in [0.25, 0.3) is 0 Å². The molecule has 24 heavy (non-hydrogen) atoms. The minimum absolute atomic E-state index is 0.00528. The summed E-state index contributed by atoms with van der Waals surface area (Å²) < 4.78 is 13.0. The standard InChI is InChI=1S/C17H14FN3O2S/c18-12-5-3-4-11(8-12)10-19-21-16(22)9-15-17(23)20-13-6-1-2-7-14(13)24-15/h1-8,10,15H,9H2,(H,20,23)(H,21,22)/b19-10+. The molecular weight excluding hydrogens is 329 g/mol. The quantitative estimate of drug-likeness (QED) is 0.662. The second-order valence-electron chi connectivity index (χ2n) is 5.14. The molecule has 0 aliphatic carbocycles. The second kappa shape index (κ2) is 7.27. The number of fused-ring (bicyclic) bond motifs is 1. The minimum Gasteiger partial charge on any atom is -0.324 e. The molecule has 1 unspecified atom stereocenters. The first-order chi connectivity index (χ1) is 11.6. The van der Waals surface area contributed by atoms with E-state index in [2.05, 4.69) is 15.8 Å². The van der Waals surface area contributed by atoms with Crippen LogP contribution in [0.1, 0.15) is 12.0 Å². The van der Waals surface area contributed by atoms with Crippen LogP contribution in [-0.2, 0) is 9.59 Å². The number of anilines is 1. The first-order valence-corrected chi connectivity index (χ1v) is 8.14. The molecule has 0 aromatic heterocycles. The summed E-state index contributed by atoms with van der Waals surface area (Å²) in [6.07, 6.45) is 1.36. The average molecular weight is 343 g/mol. The third-order valence-electron chi connectivity index (χ3n) is 3.33. The summed E-state index contributed by atoms with van der Waals surface area (Å²) in [5.41, 5.74) is 3.65. The maximum absolute atomic E-state index is 13.0. The largest absolute Gasteiger partial charge is 0.324 e. The van der Waals surface area contributed by atoms with Crippen molar-refractivity contribution >= 4 is 35.5 Å². The van der Waals surface area contributed by atoms with Crippen molar-refractivity contribution in [2.24, 2.45) is 5.10 Å². The third-order valence-corrected chi connectivity index (χ3v) is 4.60. The molecular formula is C17H14FN3O2S. The van der Waals surface area contributed by atoms with E-state index in [1.807, 2.05) is 24.3 Å². The van der Waals surface area contributed by atoms with E-state index in [9.17, 15) is 14.0 Å². The number of nitrogens with one attached hydrogen (secondary N) is 2. The van der Waals surface area contributed by atoms with Gasteiger partial charge < -0.3 is 5.32 Å². The van der Waals surface area contributed by atoms with Gasteiger partial charge in [0.15, 0.2) is 0 Å². The Morgan fingerprint density at radius 1 is 1.29 bits per heavy atom. The number of carbonyl (C=O) groups excluding carboxylic acids is 2. The highest BCUT2D eigenvalue weighted by molar-refractivity contribution is 8.01. The Morgan fingerprint density at radius 3 is 2.96 bits per heavy atom. The predicted octanol–water partition coefficient (Wildman–Crippen LogP) is 2.78. The van der Waals surface area contributed by atoms with Crippen molar-refractivity contribution in [3.63, 3.8) is 0 Å². The normalized spacial score (nSPS) is 16.5. The first-order valence-electron chi connectivity index (χ1n) is 7.26. The summed E-state index contributed by atoms with van der Waals surface area (Å²) >= 11 is 1.35. The van der Waals surface area contributed by atoms with Crippen LogP contribution in [0.15, 0.2) is 58.5 Å². The van der Waals surface area contributed by atoms with Crippen LogP contribution >= 0.6 is 11.8 Å². The molecule has 1 heterocycles. The third kappa shape index (κ3) is 3.99. The van der Waals surface area contributed by atoms with E-state index in [4.69, 9.17) is 0 Å². The van der Waals surface area contributed by atoms with Gasteiger partial charge in [0.2, 0.25) is 11.8 Å². The Kier molecular flexibility index (Phi) is 4.90. The molecule has 5 nitrogen and oxygen atoms in total. The number of benzene rings is 2. The van der Waals surface area contributed by atoms with E-state index in [-0.39, 0.29) is 24.1 Å². The van der Waals surface area contributed by atoms with Crippen molar-refractivity contribution in [2.45, 2.75) is 16.6 Å². The lowest BCUT2D eigenvalue weighted by Crippen LogP contribution is -2.33. The molecule has 2 aromatic carbocycles. The van der Waals surface area contributed by atoms with E-state index in [0.717, 1.165) is 10.6 Å². The molecule has 0 fully saturated rings. The maximum atomic E-state index is 13.0. The molecule has 0 saturated heterocycles. The number of nitrogens with zero attached hydrogens (tertiary/aromatic N) is 1. The molecule has 2 amide bonds. The predicted molar refractivity (Wildman–Crippen MR) is 91.5 cm³/mol. The van der Waals surface area contributed by atoms with E-state index in [0.29, 0.717) is 5.56 Å². The van der Waals surface area contributed by atoms with Gasteiger partial charge in [0.05, 0.1) is 17.2 Å². The summed E-state index contributed by atoms with van der Waals surface area (Å²) in [4.78, 5) is 24.9. The zero-order chi connectivity index (χ0) is 16.9. The molecule has 7 heteroatoms. The highest BCUT2D eigenvalue weighted by Gasteiger charge is 2.28. The van der Waals surface area contributed by atoms with Crippen LogP contribution < -0.4 is 10.7 Å². The van der Waals surface area contributed by atoms with Crippen LogP contribution in [0.3, 0.4) is 0 Å². The number of hydrazone groups is 1. The summed E-state index contributed by atoms with van der Waals surface area (Å²) in [5.74, 6) is -0.961. The fourth-order valence-electron chi connectivity index (χ4n) is 2.21. The minimum atomic E-state index is -0.510. The number of para-hydroxylation sites is 1. The Hall–Kier alpha value is -2.67. The van der Waals surface area contributed by atoms with E-state index < -0.39 is 5.25 Å². The van der Waals surface area contributed by atoms with Gasteiger partial charge in [0.1, 0.15) is 5.82 Å². The monoisotopic (exact) mass is 343 g/mol. The van der Waals surface area contributed by atoms with Crippen molar-refractivity contribution in [1.29, 1.82) is 0 Å². The molecule has 0 spiro atoms. The zero-order valence-corrected chi connectivity index (χ0v) is 13.3. The van der Waals surface area contributed by atoms with Gasteiger partial charge in [-0.3, -0.25) is 9.59 Å². The zero-order valence-electron chi connectivity index (χ0n) is 12.5. The van der Waals surface area contributed by atoms with Crippen LogP contribution in [0, 0.1) is 5.82 Å². The van der Waals surface area contributed by atoms with Crippen LogP contribution in [0.2, 0.25) is 0 Å². The molecule has 0 radical (unpaired) electrons.